The number of rotatable bonds is 3. The Morgan fingerprint density at radius 2 is 2.58 bits per heavy atom. The highest BCUT2D eigenvalue weighted by Crippen LogP contribution is 2.19. The van der Waals surface area contributed by atoms with Crippen LogP contribution in [-0.4, -0.2) is 29.1 Å². The molecule has 1 aromatic heterocycles. The first-order valence-corrected chi connectivity index (χ1v) is 4.91. The van der Waals surface area contributed by atoms with Gasteiger partial charge in [0.1, 0.15) is 3.79 Å². The number of aromatic nitrogens is 1. The Kier molecular flexibility index (Phi) is 3.64. The number of nitrogens with zero attached hydrogens (tertiary/aromatic N) is 1. The average molecular weight is 251 g/mol. The number of halogens is 1. The predicted octanol–water partition coefficient (Wildman–Crippen LogP) is 0.628. The van der Waals surface area contributed by atoms with Crippen molar-refractivity contribution < 1.29 is 9.90 Å². The zero-order chi connectivity index (χ0) is 8.97. The van der Waals surface area contributed by atoms with Crippen molar-refractivity contribution in [1.82, 2.24) is 10.3 Å². The number of amides is 1. The Morgan fingerprint density at radius 3 is 3.08 bits per heavy atom. The Labute approximate surface area is 81.8 Å². The summed E-state index contributed by atoms with van der Waals surface area (Å²) in [4.78, 5) is 15.0. The number of aliphatic hydroxyl groups is 1. The fraction of sp³-hybridized carbons (Fsp3) is 0.333. The summed E-state index contributed by atoms with van der Waals surface area (Å²) in [6, 6.07) is 0. The van der Waals surface area contributed by atoms with Crippen LogP contribution in [0, 0.1) is 0 Å². The van der Waals surface area contributed by atoms with E-state index in [1.165, 1.54) is 11.3 Å². The summed E-state index contributed by atoms with van der Waals surface area (Å²) < 4.78 is 0.706. The molecule has 0 atom stereocenters. The van der Waals surface area contributed by atoms with E-state index in [9.17, 15) is 4.79 Å². The van der Waals surface area contributed by atoms with Crippen molar-refractivity contribution in [3.8, 4) is 0 Å². The monoisotopic (exact) mass is 250 g/mol. The van der Waals surface area contributed by atoms with Gasteiger partial charge in [-0.3, -0.25) is 4.79 Å². The van der Waals surface area contributed by atoms with Gasteiger partial charge >= 0.3 is 0 Å². The fourth-order valence-electron chi connectivity index (χ4n) is 0.633. The van der Waals surface area contributed by atoms with Crippen LogP contribution >= 0.6 is 27.3 Å². The molecule has 1 aromatic rings. The molecule has 0 aliphatic heterocycles. The van der Waals surface area contributed by atoms with Gasteiger partial charge in [0.05, 0.1) is 12.1 Å². The van der Waals surface area contributed by atoms with E-state index in [0.29, 0.717) is 9.48 Å². The highest BCUT2D eigenvalue weighted by molar-refractivity contribution is 9.11. The first kappa shape index (κ1) is 9.63. The zero-order valence-corrected chi connectivity index (χ0v) is 8.48. The molecule has 6 heteroatoms. The van der Waals surface area contributed by atoms with E-state index in [4.69, 9.17) is 5.11 Å². The van der Waals surface area contributed by atoms with E-state index >= 15 is 0 Å². The fourth-order valence-corrected chi connectivity index (χ4v) is 1.67. The van der Waals surface area contributed by atoms with Crippen molar-refractivity contribution in [3.05, 3.63) is 15.0 Å². The number of carbonyl (C=O) groups excluding carboxylic acids is 1. The van der Waals surface area contributed by atoms with Crippen LogP contribution in [-0.2, 0) is 0 Å². The molecule has 1 rings (SSSR count). The quantitative estimate of drug-likeness (QED) is 0.828. The number of hydrogen-bond acceptors (Lipinski definition) is 4. The number of carbonyl (C=O) groups is 1. The van der Waals surface area contributed by atoms with Gasteiger partial charge in [-0.15, -0.1) is 11.3 Å². The summed E-state index contributed by atoms with van der Waals surface area (Å²) in [7, 11) is 0. The molecule has 2 N–H and O–H groups in total. The number of aliphatic hydroxyl groups excluding tert-OH is 1. The van der Waals surface area contributed by atoms with Crippen molar-refractivity contribution in [2.45, 2.75) is 0 Å². The molecule has 1 amide bonds. The van der Waals surface area contributed by atoms with Crippen molar-refractivity contribution in [2.75, 3.05) is 13.2 Å². The van der Waals surface area contributed by atoms with Gasteiger partial charge in [-0.25, -0.2) is 4.98 Å². The molecule has 4 nitrogen and oxygen atoms in total. The molecule has 0 unspecified atom stereocenters. The lowest BCUT2D eigenvalue weighted by Gasteiger charge is -1.99. The minimum Gasteiger partial charge on any atom is -0.395 e. The van der Waals surface area contributed by atoms with Crippen molar-refractivity contribution in [2.24, 2.45) is 0 Å². The third-order valence-electron chi connectivity index (χ3n) is 1.14. The van der Waals surface area contributed by atoms with Crippen LogP contribution in [0.5, 0.6) is 0 Å². The third-order valence-corrected chi connectivity index (χ3v) is 2.68. The molecule has 0 aliphatic rings. The van der Waals surface area contributed by atoms with Crippen LogP contribution < -0.4 is 5.32 Å². The molecule has 0 saturated carbocycles. The molecule has 0 bridgehead atoms. The molecule has 0 aliphatic carbocycles. The number of nitrogens with one attached hydrogen (secondary N) is 1. The van der Waals surface area contributed by atoms with Gasteiger partial charge in [-0.1, -0.05) is 0 Å². The third kappa shape index (κ3) is 2.26. The maximum Gasteiger partial charge on any atom is 0.272 e. The topological polar surface area (TPSA) is 62.2 Å². The lowest BCUT2D eigenvalue weighted by molar-refractivity contribution is 0.0940. The molecule has 0 saturated heterocycles. The Hall–Kier alpha value is -0.460. The van der Waals surface area contributed by atoms with Gasteiger partial charge in [0.25, 0.3) is 5.91 Å². The van der Waals surface area contributed by atoms with E-state index in [2.05, 4.69) is 26.2 Å². The summed E-state index contributed by atoms with van der Waals surface area (Å²) in [6.45, 7) is 0.191. The minimum atomic E-state index is -0.267. The molecule has 0 radical (unpaired) electrons. The smallest absolute Gasteiger partial charge is 0.272 e. The molecular weight excluding hydrogens is 244 g/mol. The summed E-state index contributed by atoms with van der Waals surface area (Å²) in [5, 5.41) is 10.9. The predicted molar refractivity (Wildman–Crippen MR) is 49.2 cm³/mol. The lowest BCUT2D eigenvalue weighted by Crippen LogP contribution is -2.26. The molecule has 66 valence electrons. The van der Waals surface area contributed by atoms with E-state index in [1.807, 2.05) is 0 Å². The molecule has 12 heavy (non-hydrogen) atoms. The molecular formula is C6H7BrN2O2S. The van der Waals surface area contributed by atoms with Crippen LogP contribution in [0.25, 0.3) is 0 Å². The number of hydrogen-bond donors (Lipinski definition) is 2. The minimum absolute atomic E-state index is 0.0620. The maximum absolute atomic E-state index is 11.2. The van der Waals surface area contributed by atoms with Crippen LogP contribution in [0.3, 0.4) is 0 Å². The Bertz CT molecular complexity index is 276. The molecule has 1 heterocycles. The molecule has 0 fully saturated rings. The van der Waals surface area contributed by atoms with Crippen molar-refractivity contribution >= 4 is 33.2 Å². The van der Waals surface area contributed by atoms with Gasteiger partial charge in [0.15, 0.2) is 5.69 Å². The van der Waals surface area contributed by atoms with Crippen molar-refractivity contribution in [3.63, 3.8) is 0 Å². The van der Waals surface area contributed by atoms with Crippen LogP contribution in [0.2, 0.25) is 0 Å². The maximum atomic E-state index is 11.2. The van der Waals surface area contributed by atoms with Crippen molar-refractivity contribution in [1.29, 1.82) is 0 Å². The Morgan fingerprint density at radius 1 is 1.83 bits per heavy atom. The van der Waals surface area contributed by atoms with Crippen LogP contribution in [0.1, 0.15) is 10.5 Å². The SMILES string of the molecule is O=C(NCCO)c1ncsc1Br. The largest absolute Gasteiger partial charge is 0.395 e. The second-order valence-corrected chi connectivity index (χ2v) is 4.13. The summed E-state index contributed by atoms with van der Waals surface area (Å²) in [5.74, 6) is -0.267. The van der Waals surface area contributed by atoms with E-state index in [-0.39, 0.29) is 19.1 Å². The van der Waals surface area contributed by atoms with Gasteiger partial charge in [-0.2, -0.15) is 0 Å². The Balaban J connectivity index is 2.59. The molecule has 0 aromatic carbocycles. The second kappa shape index (κ2) is 4.54. The zero-order valence-electron chi connectivity index (χ0n) is 6.08. The molecule has 0 spiro atoms. The van der Waals surface area contributed by atoms with E-state index in [1.54, 1.807) is 5.51 Å². The highest BCUT2D eigenvalue weighted by Gasteiger charge is 2.11. The van der Waals surface area contributed by atoms with Crippen LogP contribution in [0.4, 0.5) is 0 Å². The summed E-state index contributed by atoms with van der Waals surface area (Å²) >= 11 is 4.54. The van der Waals surface area contributed by atoms with Gasteiger partial charge in [0.2, 0.25) is 0 Å². The summed E-state index contributed by atoms with van der Waals surface area (Å²) in [6.07, 6.45) is 0. The standard InChI is InChI=1S/C6H7BrN2O2S/c7-5-4(9-3-12-5)6(11)8-1-2-10/h3,10H,1-2H2,(H,8,11). The first-order chi connectivity index (χ1) is 5.75. The van der Waals surface area contributed by atoms with Gasteiger partial charge < -0.3 is 10.4 Å². The highest BCUT2D eigenvalue weighted by atomic mass is 79.9. The normalized spacial score (nSPS) is 9.83. The van der Waals surface area contributed by atoms with Crippen LogP contribution in [0.15, 0.2) is 9.30 Å². The van der Waals surface area contributed by atoms with E-state index in [0.717, 1.165) is 0 Å². The van der Waals surface area contributed by atoms with E-state index < -0.39 is 0 Å². The summed E-state index contributed by atoms with van der Waals surface area (Å²) in [5.41, 5.74) is 1.95. The first-order valence-electron chi connectivity index (χ1n) is 3.23. The van der Waals surface area contributed by atoms with Gasteiger partial charge in [0, 0.05) is 6.54 Å². The number of thiazole rings is 1. The second-order valence-electron chi connectivity index (χ2n) is 1.95. The van der Waals surface area contributed by atoms with Gasteiger partial charge in [-0.05, 0) is 15.9 Å². The average Bonchev–Trinajstić information content (AvgIpc) is 2.47. The lowest BCUT2D eigenvalue weighted by atomic mass is 10.4.